The second-order valence-corrected chi connectivity index (χ2v) is 7.49. The van der Waals surface area contributed by atoms with Crippen molar-refractivity contribution in [3.63, 3.8) is 0 Å². The Morgan fingerprint density at radius 1 is 1.22 bits per heavy atom. The van der Waals surface area contributed by atoms with Gasteiger partial charge in [-0.05, 0) is 68.7 Å². The number of hydrogen-bond donors (Lipinski definition) is 1. The van der Waals surface area contributed by atoms with E-state index in [9.17, 15) is 10.1 Å². The molecule has 4 rings (SSSR count). The van der Waals surface area contributed by atoms with Gasteiger partial charge in [0.05, 0.1) is 12.4 Å². The van der Waals surface area contributed by atoms with E-state index in [1.807, 2.05) is 51.1 Å². The molecule has 1 N–H and O–H groups in total. The minimum atomic E-state index is -0.0950. The van der Waals surface area contributed by atoms with Gasteiger partial charge in [0.15, 0.2) is 5.65 Å². The predicted molar refractivity (Wildman–Crippen MR) is 120 cm³/mol. The molecule has 0 unspecified atom stereocenters. The summed E-state index contributed by atoms with van der Waals surface area (Å²) >= 11 is 0. The lowest BCUT2D eigenvalue weighted by Gasteiger charge is -2.12. The average molecular weight is 426 g/mol. The molecule has 0 atom stereocenters. The van der Waals surface area contributed by atoms with Crippen LogP contribution in [0, 0.1) is 32.1 Å². The molecule has 0 saturated carbocycles. The minimum Gasteiger partial charge on any atom is -0.455 e. The van der Waals surface area contributed by atoms with Crippen LogP contribution in [0.15, 0.2) is 48.9 Å². The zero-order valence-electron chi connectivity index (χ0n) is 18.1. The molecule has 0 aliphatic carbocycles. The molecular formula is C24H22N6O2. The van der Waals surface area contributed by atoms with Gasteiger partial charge in [0.1, 0.15) is 23.1 Å². The number of benzene rings is 1. The summed E-state index contributed by atoms with van der Waals surface area (Å²) in [4.78, 5) is 21.1. The molecule has 0 aliphatic heterocycles. The Balaban J connectivity index is 1.42. The van der Waals surface area contributed by atoms with Crippen molar-refractivity contribution in [1.82, 2.24) is 19.6 Å². The van der Waals surface area contributed by atoms with Gasteiger partial charge < -0.3 is 10.1 Å². The van der Waals surface area contributed by atoms with Gasteiger partial charge >= 0.3 is 0 Å². The lowest BCUT2D eigenvalue weighted by Crippen LogP contribution is -2.14. The Morgan fingerprint density at radius 2 is 2.06 bits per heavy atom. The summed E-state index contributed by atoms with van der Waals surface area (Å²) in [6.45, 7) is 5.74. The molecule has 32 heavy (non-hydrogen) atoms. The van der Waals surface area contributed by atoms with Crippen LogP contribution in [0.3, 0.4) is 0 Å². The van der Waals surface area contributed by atoms with Gasteiger partial charge in [-0.2, -0.15) is 10.4 Å². The summed E-state index contributed by atoms with van der Waals surface area (Å²) in [6.07, 6.45) is 5.67. The lowest BCUT2D eigenvalue weighted by molar-refractivity contribution is -0.116. The fraction of sp³-hybridized carbons (Fsp3) is 0.208. The van der Waals surface area contributed by atoms with E-state index in [4.69, 9.17) is 4.74 Å². The third kappa shape index (κ3) is 4.27. The van der Waals surface area contributed by atoms with Crippen LogP contribution in [0.4, 0.5) is 5.69 Å². The highest BCUT2D eigenvalue weighted by atomic mass is 16.5. The number of ether oxygens (including phenoxy) is 1. The molecule has 4 aromatic rings. The molecular weight excluding hydrogens is 404 g/mol. The normalized spacial score (nSPS) is 10.7. The third-order valence-corrected chi connectivity index (χ3v) is 5.25. The van der Waals surface area contributed by atoms with Crippen molar-refractivity contribution in [1.29, 1.82) is 5.26 Å². The Morgan fingerprint density at radius 3 is 2.78 bits per heavy atom. The number of pyridine rings is 1. The Bertz CT molecular complexity index is 1340. The summed E-state index contributed by atoms with van der Waals surface area (Å²) in [7, 11) is 0. The molecule has 0 radical (unpaired) electrons. The molecule has 1 amide bonds. The zero-order chi connectivity index (χ0) is 22.7. The maximum Gasteiger partial charge on any atom is 0.224 e. The first-order valence-electron chi connectivity index (χ1n) is 10.2. The maximum absolute atomic E-state index is 12.6. The molecule has 1 aromatic carbocycles. The molecule has 8 nitrogen and oxygen atoms in total. The minimum absolute atomic E-state index is 0.0950. The Hall–Kier alpha value is -4.25. The van der Waals surface area contributed by atoms with E-state index in [0.29, 0.717) is 41.2 Å². The van der Waals surface area contributed by atoms with Crippen LogP contribution >= 0.6 is 0 Å². The monoisotopic (exact) mass is 426 g/mol. The number of fused-ring (bicyclic) bond motifs is 1. The number of rotatable bonds is 6. The lowest BCUT2D eigenvalue weighted by atomic mass is 10.1. The van der Waals surface area contributed by atoms with Crippen LogP contribution in [-0.4, -0.2) is 25.5 Å². The van der Waals surface area contributed by atoms with Crippen LogP contribution in [0.1, 0.15) is 34.5 Å². The van der Waals surface area contributed by atoms with Gasteiger partial charge in [-0.3, -0.25) is 9.78 Å². The van der Waals surface area contributed by atoms with E-state index < -0.39 is 0 Å². The van der Waals surface area contributed by atoms with Gasteiger partial charge in [0, 0.05) is 29.7 Å². The van der Waals surface area contributed by atoms with Crippen molar-refractivity contribution in [2.75, 3.05) is 5.32 Å². The molecule has 0 saturated heterocycles. The van der Waals surface area contributed by atoms with E-state index in [1.54, 1.807) is 16.9 Å². The van der Waals surface area contributed by atoms with Crippen molar-refractivity contribution < 1.29 is 9.53 Å². The summed E-state index contributed by atoms with van der Waals surface area (Å²) in [5.41, 5.74) is 5.23. The molecule has 0 spiro atoms. The quantitative estimate of drug-likeness (QED) is 0.493. The Labute approximate surface area is 185 Å². The predicted octanol–water partition coefficient (Wildman–Crippen LogP) is 4.28. The molecule has 3 aromatic heterocycles. The molecule has 0 fully saturated rings. The van der Waals surface area contributed by atoms with Crippen LogP contribution in [0.2, 0.25) is 0 Å². The molecule has 3 heterocycles. The highest BCUT2D eigenvalue weighted by molar-refractivity contribution is 5.91. The van der Waals surface area contributed by atoms with Crippen molar-refractivity contribution in [2.45, 2.75) is 33.6 Å². The van der Waals surface area contributed by atoms with Gasteiger partial charge in [-0.15, -0.1) is 0 Å². The van der Waals surface area contributed by atoms with Gasteiger partial charge in [0.2, 0.25) is 5.91 Å². The molecule has 0 bridgehead atoms. The summed E-state index contributed by atoms with van der Waals surface area (Å²) in [6, 6.07) is 11.3. The van der Waals surface area contributed by atoms with Crippen molar-refractivity contribution in [3.05, 3.63) is 77.0 Å². The summed E-state index contributed by atoms with van der Waals surface area (Å²) in [5, 5.41) is 16.4. The number of anilines is 1. The Kier molecular flexibility index (Phi) is 5.81. The zero-order valence-corrected chi connectivity index (χ0v) is 18.1. The molecule has 0 aliphatic rings. The van der Waals surface area contributed by atoms with E-state index in [-0.39, 0.29) is 5.91 Å². The van der Waals surface area contributed by atoms with E-state index >= 15 is 0 Å². The van der Waals surface area contributed by atoms with E-state index in [2.05, 4.69) is 26.5 Å². The fourth-order valence-corrected chi connectivity index (χ4v) is 3.59. The van der Waals surface area contributed by atoms with Crippen LogP contribution in [0.5, 0.6) is 11.5 Å². The van der Waals surface area contributed by atoms with E-state index in [0.717, 1.165) is 22.5 Å². The van der Waals surface area contributed by atoms with Crippen LogP contribution in [0.25, 0.3) is 5.65 Å². The third-order valence-electron chi connectivity index (χ3n) is 5.25. The molecule has 160 valence electrons. The van der Waals surface area contributed by atoms with Gasteiger partial charge in [-0.1, -0.05) is 0 Å². The smallest absolute Gasteiger partial charge is 0.224 e. The first-order valence-corrected chi connectivity index (χ1v) is 10.2. The highest BCUT2D eigenvalue weighted by Gasteiger charge is 2.15. The largest absolute Gasteiger partial charge is 0.455 e. The maximum atomic E-state index is 12.6. The van der Waals surface area contributed by atoms with Gasteiger partial charge in [0.25, 0.3) is 0 Å². The SMILES string of the molecule is Cc1cc(NC(=O)CCc2c(C)nc3c(C#N)cnn3c2C)ccc1Oc1cccnc1. The van der Waals surface area contributed by atoms with Crippen molar-refractivity contribution >= 4 is 17.2 Å². The number of amides is 1. The number of carbonyl (C=O) groups is 1. The fourth-order valence-electron chi connectivity index (χ4n) is 3.59. The standard InChI is InChI=1S/C24H22N6O2/c1-15-11-19(6-8-22(15)32-20-5-4-10-26-14-20)29-23(31)9-7-21-16(2)28-24-18(12-25)13-27-30(24)17(21)3/h4-6,8,10-11,13-14H,7,9H2,1-3H3,(H,29,31). The molecule has 8 heteroatoms. The first kappa shape index (κ1) is 21.0. The number of nitrogens with zero attached hydrogens (tertiary/aromatic N) is 5. The number of carbonyl (C=O) groups excluding carboxylic acids is 1. The number of nitriles is 1. The van der Waals surface area contributed by atoms with Crippen LogP contribution in [-0.2, 0) is 11.2 Å². The number of aromatic nitrogens is 4. The summed E-state index contributed by atoms with van der Waals surface area (Å²) < 4.78 is 7.49. The second kappa shape index (κ2) is 8.86. The first-order chi connectivity index (χ1) is 15.5. The van der Waals surface area contributed by atoms with Crippen LogP contribution < -0.4 is 10.1 Å². The highest BCUT2D eigenvalue weighted by Crippen LogP contribution is 2.27. The van der Waals surface area contributed by atoms with Gasteiger partial charge in [-0.25, -0.2) is 9.50 Å². The average Bonchev–Trinajstić information content (AvgIpc) is 3.19. The topological polar surface area (TPSA) is 105 Å². The second-order valence-electron chi connectivity index (χ2n) is 7.49. The van der Waals surface area contributed by atoms with Crippen molar-refractivity contribution in [3.8, 4) is 17.6 Å². The number of hydrogen-bond acceptors (Lipinski definition) is 6. The summed E-state index contributed by atoms with van der Waals surface area (Å²) in [5.74, 6) is 1.27. The number of aryl methyl sites for hydroxylation is 3. The van der Waals surface area contributed by atoms with E-state index in [1.165, 1.54) is 6.20 Å². The number of nitrogens with one attached hydrogen (secondary N) is 1. The van der Waals surface area contributed by atoms with Crippen molar-refractivity contribution in [2.24, 2.45) is 0 Å².